The number of carbonyl (C=O) groups excluding carboxylic acids is 1. The van der Waals surface area contributed by atoms with E-state index >= 15 is 0 Å². The van der Waals surface area contributed by atoms with E-state index in [1.165, 1.54) is 6.07 Å². The van der Waals surface area contributed by atoms with Gasteiger partial charge in [0.1, 0.15) is 3.70 Å². The van der Waals surface area contributed by atoms with Crippen LogP contribution in [-0.2, 0) is 16.4 Å². The third kappa shape index (κ3) is 2.07. The highest BCUT2D eigenvalue weighted by atomic mass is 127. The molecule has 5 rings (SSSR count). The highest BCUT2D eigenvalue weighted by Gasteiger charge is 2.65. The van der Waals surface area contributed by atoms with Crippen LogP contribution in [0.3, 0.4) is 0 Å². The number of aromatic amines is 1. The Kier molecular flexibility index (Phi) is 3.09. The number of amides is 1. The predicted octanol–water partition coefficient (Wildman–Crippen LogP) is 4.56. The largest absolute Gasteiger partial charge is 0.416 e. The lowest BCUT2D eigenvalue weighted by atomic mass is 9.90. The van der Waals surface area contributed by atoms with Gasteiger partial charge in [-0.15, -0.1) is 0 Å². The van der Waals surface area contributed by atoms with Crippen LogP contribution in [0, 0.1) is 3.70 Å². The van der Waals surface area contributed by atoms with Gasteiger partial charge in [0.2, 0.25) is 5.91 Å². The SMILES string of the molecule is O=C1Nc2ccc(C(F)(F)F)cc2[C@]12C[C@H]2c1ccc2c(I)n[nH]c2c1. The summed E-state index contributed by atoms with van der Waals surface area (Å²) in [5.74, 6) is -0.367. The van der Waals surface area contributed by atoms with Gasteiger partial charge in [-0.1, -0.05) is 6.07 Å². The van der Waals surface area contributed by atoms with Gasteiger partial charge in [-0.3, -0.25) is 9.89 Å². The summed E-state index contributed by atoms with van der Waals surface area (Å²) in [5.41, 5.74) is 1.08. The summed E-state index contributed by atoms with van der Waals surface area (Å²) in [7, 11) is 0. The van der Waals surface area contributed by atoms with Gasteiger partial charge in [0.05, 0.1) is 16.5 Å². The van der Waals surface area contributed by atoms with Crippen molar-refractivity contribution in [2.24, 2.45) is 0 Å². The second-order valence-corrected chi connectivity index (χ2v) is 7.78. The fourth-order valence-corrected chi connectivity index (χ4v) is 4.58. The molecule has 2 atom stereocenters. The van der Waals surface area contributed by atoms with E-state index in [0.717, 1.165) is 32.3 Å². The predicted molar refractivity (Wildman–Crippen MR) is 97.9 cm³/mol. The van der Waals surface area contributed by atoms with E-state index in [9.17, 15) is 18.0 Å². The van der Waals surface area contributed by atoms with Gasteiger partial charge in [0.15, 0.2) is 0 Å². The number of nitrogens with one attached hydrogen (secondary N) is 2. The van der Waals surface area contributed by atoms with Gasteiger partial charge >= 0.3 is 6.18 Å². The van der Waals surface area contributed by atoms with Crippen LogP contribution in [0.2, 0.25) is 0 Å². The molecule has 2 aliphatic rings. The zero-order valence-corrected chi connectivity index (χ0v) is 15.3. The van der Waals surface area contributed by atoms with E-state index in [-0.39, 0.29) is 11.8 Å². The van der Waals surface area contributed by atoms with Crippen LogP contribution in [0.15, 0.2) is 36.4 Å². The third-order valence-corrected chi connectivity index (χ3v) is 6.21. The van der Waals surface area contributed by atoms with E-state index in [1.807, 2.05) is 18.2 Å². The zero-order valence-electron chi connectivity index (χ0n) is 13.1. The topological polar surface area (TPSA) is 57.8 Å². The number of benzene rings is 2. The Labute approximate surface area is 159 Å². The Hall–Kier alpha value is -2.10. The van der Waals surface area contributed by atoms with Gasteiger partial charge in [0.25, 0.3) is 0 Å². The first kappa shape index (κ1) is 16.1. The molecule has 1 aliphatic carbocycles. The van der Waals surface area contributed by atoms with Gasteiger partial charge in [0, 0.05) is 17.0 Å². The number of aromatic nitrogens is 2. The molecule has 1 amide bonds. The second kappa shape index (κ2) is 4.99. The first-order chi connectivity index (χ1) is 12.3. The van der Waals surface area contributed by atoms with Crippen LogP contribution in [0.1, 0.15) is 29.0 Å². The van der Waals surface area contributed by atoms with Crippen LogP contribution < -0.4 is 5.32 Å². The summed E-state index contributed by atoms with van der Waals surface area (Å²) in [6.07, 6.45) is -3.93. The van der Waals surface area contributed by atoms with Crippen molar-refractivity contribution in [2.45, 2.75) is 23.9 Å². The fourth-order valence-electron chi connectivity index (χ4n) is 3.99. The highest BCUT2D eigenvalue weighted by molar-refractivity contribution is 14.1. The zero-order chi connectivity index (χ0) is 18.3. The van der Waals surface area contributed by atoms with Crippen LogP contribution in [0.25, 0.3) is 10.9 Å². The number of H-pyrrole nitrogens is 1. The van der Waals surface area contributed by atoms with Crippen LogP contribution in [0.4, 0.5) is 18.9 Å². The van der Waals surface area contributed by atoms with E-state index in [1.54, 1.807) is 0 Å². The minimum absolute atomic E-state index is 0.141. The van der Waals surface area contributed by atoms with Crippen molar-refractivity contribution in [1.29, 1.82) is 0 Å². The Morgan fingerprint density at radius 2 is 2.00 bits per heavy atom. The molecule has 2 aromatic carbocycles. The molecule has 0 saturated heterocycles. The Morgan fingerprint density at radius 3 is 2.77 bits per heavy atom. The van der Waals surface area contributed by atoms with E-state index in [2.05, 4.69) is 38.1 Å². The molecule has 2 N–H and O–H groups in total. The summed E-state index contributed by atoms with van der Waals surface area (Å²) in [5, 5.41) is 10.8. The second-order valence-electron chi connectivity index (χ2n) is 6.76. The lowest BCUT2D eigenvalue weighted by Gasteiger charge is -2.12. The highest BCUT2D eigenvalue weighted by Crippen LogP contribution is 2.65. The minimum Gasteiger partial charge on any atom is -0.325 e. The van der Waals surface area contributed by atoms with Crippen molar-refractivity contribution in [1.82, 2.24) is 10.2 Å². The van der Waals surface area contributed by atoms with Crippen molar-refractivity contribution < 1.29 is 18.0 Å². The van der Waals surface area contributed by atoms with Crippen LogP contribution in [-0.4, -0.2) is 16.1 Å². The standard InChI is InChI=1S/C18H11F3IN3O/c19-18(20,21)9-2-4-13-11(6-9)17(16(26)23-13)7-12(17)8-1-3-10-14(5-8)24-25-15(10)22/h1-6,12H,7H2,(H,23,26)(H,24,25)/t12-,17-/m0/s1. The number of hydrogen-bond acceptors (Lipinski definition) is 2. The number of anilines is 1. The number of halogens is 4. The van der Waals surface area contributed by atoms with Crippen LogP contribution in [0.5, 0.6) is 0 Å². The molecule has 0 unspecified atom stereocenters. The van der Waals surface area contributed by atoms with Crippen molar-refractivity contribution in [2.75, 3.05) is 5.32 Å². The molecule has 0 radical (unpaired) electrons. The number of nitrogens with zero attached hydrogens (tertiary/aromatic N) is 1. The monoisotopic (exact) mass is 469 g/mol. The summed E-state index contributed by atoms with van der Waals surface area (Å²) >= 11 is 2.13. The molecular weight excluding hydrogens is 458 g/mol. The minimum atomic E-state index is -4.43. The maximum absolute atomic E-state index is 13.1. The molecule has 0 bridgehead atoms. The summed E-state index contributed by atoms with van der Waals surface area (Å²) in [4.78, 5) is 12.6. The summed E-state index contributed by atoms with van der Waals surface area (Å²) in [6, 6.07) is 9.27. The Morgan fingerprint density at radius 1 is 1.19 bits per heavy atom. The maximum Gasteiger partial charge on any atom is 0.416 e. The molecule has 8 heteroatoms. The van der Waals surface area contributed by atoms with Gasteiger partial charge in [-0.25, -0.2) is 0 Å². The fraction of sp³-hybridized carbons (Fsp3) is 0.222. The molecule has 1 spiro atoms. The maximum atomic E-state index is 13.1. The first-order valence-electron chi connectivity index (χ1n) is 7.97. The summed E-state index contributed by atoms with van der Waals surface area (Å²) < 4.78 is 40.2. The number of fused-ring (bicyclic) bond motifs is 3. The van der Waals surface area contributed by atoms with Crippen molar-refractivity contribution in [3.8, 4) is 0 Å². The van der Waals surface area contributed by atoms with Gasteiger partial charge < -0.3 is 5.32 Å². The number of rotatable bonds is 1. The number of carbonyl (C=O) groups is 1. The van der Waals surface area contributed by atoms with Crippen molar-refractivity contribution >= 4 is 45.1 Å². The molecule has 132 valence electrons. The van der Waals surface area contributed by atoms with E-state index < -0.39 is 17.2 Å². The molecule has 1 aromatic heterocycles. The molecular formula is C18H11F3IN3O. The van der Waals surface area contributed by atoms with Gasteiger partial charge in [-0.05, 0) is 70.5 Å². The number of hydrogen-bond donors (Lipinski definition) is 2. The smallest absolute Gasteiger partial charge is 0.325 e. The van der Waals surface area contributed by atoms with Crippen molar-refractivity contribution in [3.63, 3.8) is 0 Å². The number of alkyl halides is 3. The van der Waals surface area contributed by atoms with Gasteiger partial charge in [-0.2, -0.15) is 18.3 Å². The van der Waals surface area contributed by atoms with E-state index in [4.69, 9.17) is 0 Å². The molecule has 2 heterocycles. The lowest BCUT2D eigenvalue weighted by molar-refractivity contribution is -0.137. The average Bonchev–Trinajstić information content (AvgIpc) is 3.16. The summed E-state index contributed by atoms with van der Waals surface area (Å²) in [6.45, 7) is 0. The molecule has 26 heavy (non-hydrogen) atoms. The van der Waals surface area contributed by atoms with Crippen molar-refractivity contribution in [3.05, 3.63) is 56.8 Å². The molecule has 1 saturated carbocycles. The molecule has 1 aliphatic heterocycles. The van der Waals surface area contributed by atoms with Crippen LogP contribution >= 0.6 is 22.6 Å². The average molecular weight is 469 g/mol. The normalized spacial score (nSPS) is 24.2. The molecule has 1 fully saturated rings. The van der Waals surface area contributed by atoms with E-state index in [0.29, 0.717) is 17.7 Å². The third-order valence-electron chi connectivity index (χ3n) is 5.38. The Balaban J connectivity index is 1.59. The Bertz CT molecular complexity index is 1090. The lowest BCUT2D eigenvalue weighted by Crippen LogP contribution is -2.21. The quantitative estimate of drug-likeness (QED) is 0.514. The molecule has 4 nitrogen and oxygen atoms in total. The first-order valence-corrected chi connectivity index (χ1v) is 9.05. The molecule has 3 aromatic rings.